The van der Waals surface area contributed by atoms with Crippen molar-refractivity contribution in [1.82, 2.24) is 25.2 Å². The summed E-state index contributed by atoms with van der Waals surface area (Å²) in [6.07, 6.45) is 8.56. The van der Waals surface area contributed by atoms with E-state index >= 15 is 0 Å². The lowest BCUT2D eigenvalue weighted by Gasteiger charge is -2.27. The SMILES string of the molecule is CC(C)(C)OC(=O)N[C@@H]1CCC[C@@H]1c1ncc(-c2ccc(-c3ccc4c(c3)CCCc3nc(C5CCCN5C(=O)OC(C)(C)C)oc3-4)cc2)[nH]1. The Morgan fingerprint density at radius 1 is 0.880 bits per heavy atom. The van der Waals surface area contributed by atoms with Gasteiger partial charge in [0.25, 0.3) is 0 Å². The summed E-state index contributed by atoms with van der Waals surface area (Å²) in [6, 6.07) is 14.9. The molecule has 50 heavy (non-hydrogen) atoms. The summed E-state index contributed by atoms with van der Waals surface area (Å²) < 4.78 is 17.7. The minimum Gasteiger partial charge on any atom is -0.444 e. The van der Waals surface area contributed by atoms with Crippen molar-refractivity contribution in [2.24, 2.45) is 0 Å². The van der Waals surface area contributed by atoms with Crippen molar-refractivity contribution in [1.29, 1.82) is 0 Å². The highest BCUT2D eigenvalue weighted by Crippen LogP contribution is 2.40. The first-order valence-corrected chi connectivity index (χ1v) is 18.1. The maximum Gasteiger partial charge on any atom is 0.410 e. The quantitative estimate of drug-likeness (QED) is 0.216. The Morgan fingerprint density at radius 3 is 2.38 bits per heavy atom. The molecule has 2 aromatic carbocycles. The molecular formula is C40H49N5O5. The van der Waals surface area contributed by atoms with Crippen LogP contribution in [0.25, 0.3) is 33.7 Å². The van der Waals surface area contributed by atoms with E-state index in [2.05, 4.69) is 52.8 Å². The molecule has 0 radical (unpaired) electrons. The first kappa shape index (κ1) is 33.9. The topological polar surface area (TPSA) is 123 Å². The van der Waals surface area contributed by atoms with Crippen LogP contribution in [-0.2, 0) is 22.3 Å². The van der Waals surface area contributed by atoms with Gasteiger partial charge in [0.2, 0.25) is 5.89 Å². The van der Waals surface area contributed by atoms with E-state index in [0.29, 0.717) is 12.4 Å². The average molecular weight is 680 g/mol. The second kappa shape index (κ2) is 13.3. The van der Waals surface area contributed by atoms with Gasteiger partial charge in [0, 0.05) is 24.1 Å². The van der Waals surface area contributed by atoms with E-state index in [-0.39, 0.29) is 30.2 Å². The number of amides is 2. The van der Waals surface area contributed by atoms with Gasteiger partial charge in [-0.25, -0.2) is 19.6 Å². The normalized spacial score (nSPS) is 20.6. The fraction of sp³-hybridized carbons (Fsp3) is 0.500. The molecule has 0 spiro atoms. The molecule has 264 valence electrons. The number of hydrogen-bond donors (Lipinski definition) is 2. The summed E-state index contributed by atoms with van der Waals surface area (Å²) in [5, 5.41) is 3.07. The molecule has 2 N–H and O–H groups in total. The van der Waals surface area contributed by atoms with Crippen LogP contribution < -0.4 is 5.32 Å². The maximum absolute atomic E-state index is 13.0. The first-order chi connectivity index (χ1) is 23.8. The van der Waals surface area contributed by atoms with E-state index < -0.39 is 11.2 Å². The summed E-state index contributed by atoms with van der Waals surface area (Å²) in [7, 11) is 0. The molecule has 2 amide bonds. The van der Waals surface area contributed by atoms with Crippen molar-refractivity contribution >= 4 is 12.2 Å². The molecule has 3 heterocycles. The second-order valence-corrected chi connectivity index (χ2v) is 15.9. The van der Waals surface area contributed by atoms with Crippen LogP contribution in [0.1, 0.15) is 115 Å². The number of nitrogens with one attached hydrogen (secondary N) is 2. The van der Waals surface area contributed by atoms with Gasteiger partial charge in [0.1, 0.15) is 23.1 Å². The number of alkyl carbamates (subject to hydrolysis) is 1. The smallest absolute Gasteiger partial charge is 0.410 e. The Balaban J connectivity index is 1.06. The van der Waals surface area contributed by atoms with Gasteiger partial charge in [-0.1, -0.05) is 48.9 Å². The van der Waals surface area contributed by atoms with Crippen molar-refractivity contribution in [3.63, 3.8) is 0 Å². The number of nitrogens with zero attached hydrogens (tertiary/aromatic N) is 3. The third-order valence-electron chi connectivity index (χ3n) is 9.78. The summed E-state index contributed by atoms with van der Waals surface area (Å²) >= 11 is 0. The average Bonchev–Trinajstić information content (AvgIpc) is 3.85. The zero-order valence-corrected chi connectivity index (χ0v) is 30.1. The van der Waals surface area contributed by atoms with Crippen LogP contribution in [0.15, 0.2) is 53.1 Å². The number of hydrogen-bond acceptors (Lipinski definition) is 7. The van der Waals surface area contributed by atoms with E-state index in [9.17, 15) is 9.59 Å². The molecule has 7 rings (SSSR count). The number of aromatic amines is 1. The number of likely N-dealkylation sites (tertiary alicyclic amines) is 1. The number of fused-ring (bicyclic) bond motifs is 3. The molecule has 2 aliphatic carbocycles. The maximum atomic E-state index is 13.0. The lowest BCUT2D eigenvalue weighted by Crippen LogP contribution is -2.40. The van der Waals surface area contributed by atoms with Crippen LogP contribution in [0, 0.1) is 0 Å². The van der Waals surface area contributed by atoms with Gasteiger partial charge >= 0.3 is 12.2 Å². The fourth-order valence-corrected chi connectivity index (χ4v) is 7.54. The number of carbonyl (C=O) groups excluding carboxylic acids is 2. The predicted octanol–water partition coefficient (Wildman–Crippen LogP) is 9.12. The number of oxazole rings is 1. The van der Waals surface area contributed by atoms with E-state index in [1.54, 1.807) is 4.90 Å². The molecule has 1 aliphatic heterocycles. The Bertz CT molecular complexity index is 1860. The summed E-state index contributed by atoms with van der Waals surface area (Å²) in [4.78, 5) is 40.4. The number of imidazole rings is 1. The summed E-state index contributed by atoms with van der Waals surface area (Å²) in [5.74, 6) is 2.45. The highest BCUT2D eigenvalue weighted by atomic mass is 16.6. The van der Waals surface area contributed by atoms with Gasteiger partial charge in [-0.2, -0.15) is 0 Å². The van der Waals surface area contributed by atoms with Gasteiger partial charge < -0.3 is 24.2 Å². The molecule has 10 heteroatoms. The molecular weight excluding hydrogens is 630 g/mol. The van der Waals surface area contributed by atoms with Crippen molar-refractivity contribution < 1.29 is 23.5 Å². The van der Waals surface area contributed by atoms with Gasteiger partial charge in [0.15, 0.2) is 5.76 Å². The van der Waals surface area contributed by atoms with Crippen molar-refractivity contribution in [2.75, 3.05) is 6.54 Å². The largest absolute Gasteiger partial charge is 0.444 e. The molecule has 3 atom stereocenters. The molecule has 4 aromatic rings. The molecule has 2 fully saturated rings. The van der Waals surface area contributed by atoms with Gasteiger partial charge in [-0.3, -0.25) is 4.90 Å². The van der Waals surface area contributed by atoms with Crippen molar-refractivity contribution in [2.45, 2.75) is 122 Å². The monoisotopic (exact) mass is 679 g/mol. The van der Waals surface area contributed by atoms with Crippen LogP contribution in [-0.4, -0.2) is 55.8 Å². The summed E-state index contributed by atoms with van der Waals surface area (Å²) in [5.41, 5.74) is 6.50. The fourth-order valence-electron chi connectivity index (χ4n) is 7.54. The third-order valence-corrected chi connectivity index (χ3v) is 9.78. The number of ether oxygens (including phenoxy) is 2. The minimum absolute atomic E-state index is 0.00584. The zero-order valence-electron chi connectivity index (χ0n) is 30.1. The van der Waals surface area contributed by atoms with Crippen LogP contribution in [0.2, 0.25) is 0 Å². The number of rotatable bonds is 5. The molecule has 2 aromatic heterocycles. The van der Waals surface area contributed by atoms with Gasteiger partial charge in [-0.05, 0) is 109 Å². The van der Waals surface area contributed by atoms with Gasteiger partial charge in [-0.15, -0.1) is 0 Å². The van der Waals surface area contributed by atoms with Crippen LogP contribution in [0.3, 0.4) is 0 Å². The molecule has 10 nitrogen and oxygen atoms in total. The first-order valence-electron chi connectivity index (χ1n) is 18.1. The number of H-pyrrole nitrogens is 1. The third kappa shape index (κ3) is 7.30. The van der Waals surface area contributed by atoms with Gasteiger partial charge in [0.05, 0.1) is 17.6 Å². The number of carbonyl (C=O) groups is 2. The lowest BCUT2D eigenvalue weighted by atomic mass is 9.96. The van der Waals surface area contributed by atoms with Crippen molar-refractivity contribution in [3.05, 3.63) is 71.6 Å². The Hall–Kier alpha value is -4.60. The standard InChI is InChI=1S/C40H49N5O5/c1-39(2,3)49-37(46)44-30-12-8-11-29(30)35-41-23-32(42-35)25-17-15-24(16-18-25)26-19-20-28-27(22-26)10-7-13-31-34(28)48-36(43-31)33-14-9-21-45(33)38(47)50-40(4,5)6/h15-20,22-23,29-30,33H,7-14,21H2,1-6H3,(H,41,42)(H,44,46)/t29-,30+,33?/m0/s1. The highest BCUT2D eigenvalue weighted by Gasteiger charge is 2.37. The van der Waals surface area contributed by atoms with Crippen LogP contribution >= 0.6 is 0 Å². The number of aryl methyl sites for hydroxylation is 2. The molecule has 1 saturated heterocycles. The minimum atomic E-state index is -0.555. The Labute approximate surface area is 294 Å². The molecule has 3 aliphatic rings. The Kier molecular flexibility index (Phi) is 8.99. The Morgan fingerprint density at radius 2 is 1.62 bits per heavy atom. The summed E-state index contributed by atoms with van der Waals surface area (Å²) in [6.45, 7) is 11.9. The van der Waals surface area contributed by atoms with Crippen LogP contribution in [0.5, 0.6) is 0 Å². The number of aromatic nitrogens is 3. The predicted molar refractivity (Wildman–Crippen MR) is 192 cm³/mol. The second-order valence-electron chi connectivity index (χ2n) is 15.9. The van der Waals surface area contributed by atoms with E-state index in [1.807, 2.05) is 47.7 Å². The molecule has 1 unspecified atom stereocenters. The van der Waals surface area contributed by atoms with E-state index in [0.717, 1.165) is 96.6 Å². The molecule has 0 bridgehead atoms. The van der Waals surface area contributed by atoms with Crippen molar-refractivity contribution in [3.8, 4) is 33.7 Å². The highest BCUT2D eigenvalue weighted by molar-refractivity contribution is 5.75. The van der Waals surface area contributed by atoms with Crippen LogP contribution in [0.4, 0.5) is 9.59 Å². The lowest BCUT2D eigenvalue weighted by molar-refractivity contribution is 0.0204. The van der Waals surface area contributed by atoms with E-state index in [4.69, 9.17) is 23.9 Å². The van der Waals surface area contributed by atoms with E-state index in [1.165, 1.54) is 5.56 Å². The molecule has 1 saturated carbocycles. The zero-order chi connectivity index (χ0) is 35.2. The number of benzene rings is 2.